The molecule has 1 saturated heterocycles. The van der Waals surface area contributed by atoms with E-state index < -0.39 is 27.1 Å². The standard InChI is InChI=1S/H3O6P3/c1-4-7-5(2)9-6(3)8-4/h7-9H. The highest BCUT2D eigenvalue weighted by Crippen LogP contribution is 2.56. The first kappa shape index (κ1) is 8.15. The smallest absolute Gasteiger partial charge is 0.523 e. The molecule has 9 heteroatoms. The zero-order valence-corrected chi connectivity index (χ0v) is 6.95. The Bertz CT molecular complexity index is 69.3. The van der Waals surface area contributed by atoms with E-state index in [9.17, 15) is 15.8 Å². The number of rotatable bonds is 0. The van der Waals surface area contributed by atoms with Gasteiger partial charge >= 0.3 is 27.1 Å². The lowest BCUT2D eigenvalue weighted by molar-refractivity contribution is -0.756. The number of hydrogen-bond donors (Lipinski definition) is 0. The molecule has 0 unspecified atom stereocenters. The molecule has 0 amide bonds. The molecule has 0 bridgehead atoms. The molecular formula is H3O6P3. The van der Waals surface area contributed by atoms with Crippen LogP contribution in [0, 0.1) is 0 Å². The van der Waals surface area contributed by atoms with Crippen molar-refractivity contribution < 1.29 is 28.0 Å². The van der Waals surface area contributed by atoms with Crippen molar-refractivity contribution in [3.05, 3.63) is 0 Å². The van der Waals surface area contributed by atoms with Gasteiger partial charge in [0.15, 0.2) is 0 Å². The Hall–Kier alpha value is 1.05. The maximum absolute atomic E-state index is 10.2. The third-order valence-electron chi connectivity index (χ3n) is 0.454. The van der Waals surface area contributed by atoms with Crippen LogP contribution in [0.25, 0.3) is 0 Å². The molecule has 1 fully saturated rings. The van der Waals surface area contributed by atoms with Crippen molar-refractivity contribution in [2.45, 2.75) is 0 Å². The van der Waals surface area contributed by atoms with Gasteiger partial charge in [0.1, 0.15) is 0 Å². The Kier molecular flexibility index (Phi) is 3.12. The van der Waals surface area contributed by atoms with Crippen molar-refractivity contribution in [3.63, 3.8) is 0 Å². The highest BCUT2D eigenvalue weighted by atomic mass is 31.2. The van der Waals surface area contributed by atoms with Crippen LogP contribution >= 0.6 is 27.1 Å². The third-order valence-corrected chi connectivity index (χ3v) is 2.86. The normalized spacial score (nSPS) is 35.0. The summed E-state index contributed by atoms with van der Waals surface area (Å²) in [5.41, 5.74) is 0. The van der Waals surface area contributed by atoms with Crippen molar-refractivity contribution in [1.29, 1.82) is 0 Å². The fourth-order valence-corrected chi connectivity index (χ4v) is 3.19. The summed E-state index contributed by atoms with van der Waals surface area (Å²) in [6.07, 6.45) is 0. The lowest BCUT2D eigenvalue weighted by atomic mass is 14.9. The summed E-state index contributed by atoms with van der Waals surface area (Å²) in [6, 6.07) is 0. The van der Waals surface area contributed by atoms with Gasteiger partial charge in [0.2, 0.25) is 0 Å². The van der Waals surface area contributed by atoms with Crippen LogP contribution in [0.2, 0.25) is 0 Å². The first-order chi connectivity index (χ1) is 4.18. The summed E-state index contributed by atoms with van der Waals surface area (Å²) in [6.45, 7) is 0. The minimum Gasteiger partial charge on any atom is -0.523 e. The molecule has 0 radical (unpaired) electrons. The van der Waals surface area contributed by atoms with Crippen molar-refractivity contribution in [3.8, 4) is 0 Å². The van der Waals surface area contributed by atoms with Crippen LogP contribution < -0.4 is 15.8 Å². The van der Waals surface area contributed by atoms with Crippen LogP contribution in [0.3, 0.4) is 0 Å². The molecule has 0 saturated carbocycles. The van der Waals surface area contributed by atoms with Gasteiger partial charge in [-0.3, -0.25) is 12.3 Å². The van der Waals surface area contributed by atoms with E-state index in [0.717, 1.165) is 12.3 Å². The fraction of sp³-hybridized carbons (Fsp3) is 0. The van der Waals surface area contributed by atoms with Crippen LogP contribution in [0.1, 0.15) is 0 Å². The fourth-order valence-electron chi connectivity index (χ4n) is 0.257. The molecule has 0 atom stereocenters. The van der Waals surface area contributed by atoms with Gasteiger partial charge in [-0.25, -0.2) is 0 Å². The summed E-state index contributed by atoms with van der Waals surface area (Å²) in [5, 5.41) is 30.7. The molecule has 0 N–H and O–H groups in total. The molecule has 0 aromatic carbocycles. The molecule has 0 spiro atoms. The maximum Gasteiger partial charge on any atom is 0.553 e. The summed E-state index contributed by atoms with van der Waals surface area (Å²) >= 11 is 0. The molecule has 1 heterocycles. The van der Waals surface area contributed by atoms with Crippen molar-refractivity contribution >= 4 is 27.1 Å². The van der Waals surface area contributed by atoms with Crippen LogP contribution in [0.4, 0.5) is 0 Å². The Labute approximate surface area is 56.1 Å². The van der Waals surface area contributed by atoms with Crippen molar-refractivity contribution in [2.24, 2.45) is 0 Å². The monoisotopic (exact) mass is 192 g/mol. The summed E-state index contributed by atoms with van der Waals surface area (Å²) in [4.78, 5) is 0. The summed E-state index contributed by atoms with van der Waals surface area (Å²) < 4.78 is 3.34. The second-order valence-corrected chi connectivity index (χ2v) is 5.01. The average Bonchev–Trinajstić information content (AvgIpc) is 1.59. The lowest BCUT2D eigenvalue weighted by Gasteiger charge is -2.27. The van der Waals surface area contributed by atoms with E-state index in [2.05, 4.69) is 0 Å². The van der Waals surface area contributed by atoms with Gasteiger partial charge in [0, 0.05) is 0 Å². The summed E-state index contributed by atoms with van der Waals surface area (Å²) in [7, 11) is -1.84. The van der Waals surface area contributed by atoms with Gasteiger partial charge in [0.05, 0.1) is 0 Å². The molecule has 1 rings (SSSR count). The van der Waals surface area contributed by atoms with E-state index in [1.807, 2.05) is 0 Å². The van der Waals surface area contributed by atoms with Crippen LogP contribution in [-0.4, -0.2) is 0 Å². The van der Waals surface area contributed by atoms with E-state index in [1.54, 1.807) is 0 Å². The van der Waals surface area contributed by atoms with Crippen LogP contribution in [-0.2, 0) is 12.3 Å². The first-order valence-electron chi connectivity index (χ1n) is 1.72. The molecule has 6 nitrogen and oxygen atoms in total. The minimum atomic E-state index is -0.614. The van der Waals surface area contributed by atoms with Crippen LogP contribution in [0.5, 0.6) is 0 Å². The van der Waals surface area contributed by atoms with Crippen molar-refractivity contribution in [2.75, 3.05) is 0 Å². The second kappa shape index (κ2) is 3.44. The van der Waals surface area contributed by atoms with Gasteiger partial charge in [-0.1, -0.05) is 0 Å². The van der Waals surface area contributed by atoms with Crippen molar-refractivity contribution in [1.82, 2.24) is 0 Å². The zero-order chi connectivity index (χ0) is 6.85. The average molecular weight is 192 g/mol. The second-order valence-electron chi connectivity index (χ2n) is 1.06. The van der Waals surface area contributed by atoms with Gasteiger partial charge in [-0.15, -0.1) is 0 Å². The molecule has 0 aromatic heterocycles. The van der Waals surface area contributed by atoms with Gasteiger partial charge in [0.25, 0.3) is 0 Å². The largest absolute Gasteiger partial charge is 0.553 e. The Morgan fingerprint density at radius 1 is 0.667 bits per heavy atom. The molecule has 1 aliphatic heterocycles. The first-order valence-corrected chi connectivity index (χ1v) is 4.17. The maximum atomic E-state index is 10.2. The summed E-state index contributed by atoms with van der Waals surface area (Å²) in [5.74, 6) is 0. The minimum absolute atomic E-state index is 0.614. The van der Waals surface area contributed by atoms with E-state index in [0.29, 0.717) is 0 Å². The highest BCUT2D eigenvalue weighted by Gasteiger charge is 2.33. The Morgan fingerprint density at radius 2 is 0.889 bits per heavy atom. The molecule has 54 valence electrons. The van der Waals surface area contributed by atoms with Gasteiger partial charge in [-0.05, 0) is 0 Å². The number of hydrogen-bond acceptors (Lipinski definition) is 3. The Balaban J connectivity index is 2.34. The molecule has 9 heavy (non-hydrogen) atoms. The molecular weight excluding hydrogens is 189 g/mol. The molecule has 1 aliphatic rings. The predicted octanol–water partition coefficient (Wildman–Crippen LogP) is -1.99. The SMILES string of the molecule is [O-][O+]1P[O+]([O-])P[O+]([O-])P1. The van der Waals surface area contributed by atoms with Gasteiger partial charge in [-0.2, -0.15) is 0 Å². The van der Waals surface area contributed by atoms with E-state index >= 15 is 0 Å². The predicted molar refractivity (Wildman–Crippen MR) is 28.2 cm³/mol. The highest BCUT2D eigenvalue weighted by molar-refractivity contribution is 7.55. The van der Waals surface area contributed by atoms with E-state index in [-0.39, 0.29) is 0 Å². The molecule has 0 aromatic rings. The quantitative estimate of drug-likeness (QED) is 0.253. The van der Waals surface area contributed by atoms with E-state index in [1.165, 1.54) is 0 Å². The topological polar surface area (TPSA) is 77.3 Å². The zero-order valence-electron chi connectivity index (χ0n) is 3.95. The third kappa shape index (κ3) is 2.64. The van der Waals surface area contributed by atoms with E-state index in [4.69, 9.17) is 0 Å². The van der Waals surface area contributed by atoms with Crippen LogP contribution in [0.15, 0.2) is 0 Å². The Morgan fingerprint density at radius 3 is 1.11 bits per heavy atom. The molecule has 0 aliphatic carbocycles. The lowest BCUT2D eigenvalue weighted by Crippen LogP contribution is -2.27. The van der Waals surface area contributed by atoms with Gasteiger partial charge < -0.3 is 15.8 Å².